The maximum atomic E-state index is 13.3. The lowest BCUT2D eigenvalue weighted by Gasteiger charge is -2.34. The SMILES string of the molecule is CC.COc1ccc(CNc2ncnc3c2c(C)nn3C2CC(F)(F)C2)c(OC)c1. The number of halogens is 2. The zero-order valence-electron chi connectivity index (χ0n) is 17.9. The molecule has 9 heteroatoms. The maximum absolute atomic E-state index is 13.3. The van der Waals surface area contributed by atoms with E-state index < -0.39 is 5.92 Å². The summed E-state index contributed by atoms with van der Waals surface area (Å²) in [7, 11) is 3.20. The smallest absolute Gasteiger partial charge is 0.252 e. The first-order valence-corrected chi connectivity index (χ1v) is 9.94. The number of aromatic nitrogens is 4. The van der Waals surface area contributed by atoms with Gasteiger partial charge in [0.1, 0.15) is 23.6 Å². The van der Waals surface area contributed by atoms with Crippen molar-refractivity contribution in [2.24, 2.45) is 0 Å². The number of nitrogens with one attached hydrogen (secondary N) is 1. The fraction of sp³-hybridized carbons (Fsp3) is 0.476. The number of hydrogen-bond donors (Lipinski definition) is 1. The number of methoxy groups -OCH3 is 2. The first-order valence-electron chi connectivity index (χ1n) is 9.94. The number of alkyl halides is 2. The van der Waals surface area contributed by atoms with E-state index >= 15 is 0 Å². The molecular formula is C21H27F2N5O2. The molecule has 1 N–H and O–H groups in total. The molecule has 0 saturated heterocycles. The molecule has 0 atom stereocenters. The van der Waals surface area contributed by atoms with Gasteiger partial charge in [0.05, 0.1) is 31.3 Å². The van der Waals surface area contributed by atoms with Crippen molar-refractivity contribution in [2.75, 3.05) is 19.5 Å². The number of aryl methyl sites for hydroxylation is 1. The number of ether oxygens (including phenoxy) is 2. The van der Waals surface area contributed by atoms with Crippen molar-refractivity contribution >= 4 is 16.9 Å². The average molecular weight is 419 g/mol. The van der Waals surface area contributed by atoms with E-state index in [4.69, 9.17) is 9.47 Å². The van der Waals surface area contributed by atoms with Crippen LogP contribution in [0, 0.1) is 6.92 Å². The number of rotatable bonds is 6. The Balaban J connectivity index is 0.00000124. The van der Waals surface area contributed by atoms with E-state index in [1.165, 1.54) is 6.33 Å². The summed E-state index contributed by atoms with van der Waals surface area (Å²) >= 11 is 0. The second-order valence-corrected chi connectivity index (χ2v) is 6.90. The molecule has 2 aromatic heterocycles. The molecule has 7 nitrogen and oxygen atoms in total. The molecule has 0 bridgehead atoms. The number of hydrogen-bond acceptors (Lipinski definition) is 6. The molecule has 2 heterocycles. The Morgan fingerprint density at radius 2 is 1.90 bits per heavy atom. The Morgan fingerprint density at radius 1 is 1.17 bits per heavy atom. The second-order valence-electron chi connectivity index (χ2n) is 6.90. The molecule has 0 radical (unpaired) electrons. The zero-order chi connectivity index (χ0) is 21.9. The minimum absolute atomic E-state index is 0.209. The largest absolute Gasteiger partial charge is 0.497 e. The van der Waals surface area contributed by atoms with Crippen LogP contribution >= 0.6 is 0 Å². The average Bonchev–Trinajstić information content (AvgIpc) is 3.08. The van der Waals surface area contributed by atoms with Crippen LogP contribution in [-0.2, 0) is 6.54 Å². The monoisotopic (exact) mass is 419 g/mol. The molecule has 1 fully saturated rings. The third kappa shape index (κ3) is 4.15. The highest BCUT2D eigenvalue weighted by atomic mass is 19.3. The molecule has 1 aromatic carbocycles. The van der Waals surface area contributed by atoms with Crippen molar-refractivity contribution in [2.45, 2.75) is 52.1 Å². The zero-order valence-corrected chi connectivity index (χ0v) is 17.9. The van der Waals surface area contributed by atoms with Crippen LogP contribution in [0.25, 0.3) is 11.0 Å². The van der Waals surface area contributed by atoms with Gasteiger partial charge in [-0.1, -0.05) is 13.8 Å². The summed E-state index contributed by atoms with van der Waals surface area (Å²) in [6.07, 6.45) is 1.00. The van der Waals surface area contributed by atoms with Crippen molar-refractivity contribution in [1.82, 2.24) is 19.7 Å². The van der Waals surface area contributed by atoms with E-state index in [9.17, 15) is 8.78 Å². The van der Waals surface area contributed by atoms with Crippen LogP contribution in [0.5, 0.6) is 11.5 Å². The first kappa shape index (κ1) is 21.7. The van der Waals surface area contributed by atoms with Crippen molar-refractivity contribution in [3.63, 3.8) is 0 Å². The van der Waals surface area contributed by atoms with E-state index in [2.05, 4.69) is 20.4 Å². The summed E-state index contributed by atoms with van der Waals surface area (Å²) in [5, 5.41) is 8.48. The van der Waals surface area contributed by atoms with E-state index in [0.717, 1.165) is 10.9 Å². The van der Waals surface area contributed by atoms with Crippen LogP contribution in [0.3, 0.4) is 0 Å². The highest BCUT2D eigenvalue weighted by molar-refractivity contribution is 5.89. The fourth-order valence-corrected chi connectivity index (χ4v) is 3.51. The molecule has 0 amide bonds. The summed E-state index contributed by atoms with van der Waals surface area (Å²) in [5.74, 6) is -0.603. The van der Waals surface area contributed by atoms with Gasteiger partial charge in [-0.15, -0.1) is 0 Å². The standard InChI is InChI=1S/C19H21F2N5O2.C2H6/c1-11-16-17(22-9-12-4-5-14(27-2)6-15(12)28-3)23-10-24-18(16)26(25-11)13-7-19(20,21)8-13;1-2/h4-6,10,13H,7-9H2,1-3H3,(H,22,23,24);1-2H3. The Hall–Kier alpha value is -2.97. The molecular weight excluding hydrogens is 392 g/mol. The van der Waals surface area contributed by atoms with Crippen molar-refractivity contribution < 1.29 is 18.3 Å². The number of anilines is 1. The number of benzene rings is 1. The highest BCUT2D eigenvalue weighted by Gasteiger charge is 2.47. The van der Waals surface area contributed by atoms with Gasteiger partial charge in [-0.25, -0.2) is 23.4 Å². The van der Waals surface area contributed by atoms with Gasteiger partial charge in [-0.3, -0.25) is 0 Å². The highest BCUT2D eigenvalue weighted by Crippen LogP contribution is 2.46. The summed E-state index contributed by atoms with van der Waals surface area (Å²) in [6.45, 7) is 6.30. The minimum atomic E-state index is -2.62. The lowest BCUT2D eigenvalue weighted by Crippen LogP contribution is -2.37. The summed E-state index contributed by atoms with van der Waals surface area (Å²) in [6, 6.07) is 5.24. The molecule has 1 aliphatic carbocycles. The number of nitrogens with zero attached hydrogens (tertiary/aromatic N) is 4. The Labute approximate surface area is 174 Å². The molecule has 1 saturated carbocycles. The first-order chi connectivity index (χ1) is 14.4. The minimum Gasteiger partial charge on any atom is -0.497 e. The lowest BCUT2D eigenvalue weighted by atomic mass is 9.88. The normalized spacial score (nSPS) is 15.2. The van der Waals surface area contributed by atoms with Gasteiger partial charge in [-0.2, -0.15) is 5.10 Å². The van der Waals surface area contributed by atoms with Gasteiger partial charge in [0, 0.05) is 31.0 Å². The molecule has 1 aliphatic rings. The maximum Gasteiger partial charge on any atom is 0.252 e. The van der Waals surface area contributed by atoms with Crippen LogP contribution in [-0.4, -0.2) is 39.9 Å². The van der Waals surface area contributed by atoms with Crippen LogP contribution in [0.1, 0.15) is 44.0 Å². The Kier molecular flexibility index (Phi) is 6.38. The van der Waals surface area contributed by atoms with Gasteiger partial charge in [0.15, 0.2) is 5.65 Å². The van der Waals surface area contributed by atoms with E-state index in [-0.39, 0.29) is 18.9 Å². The summed E-state index contributed by atoms with van der Waals surface area (Å²) < 4.78 is 38.8. The predicted molar refractivity (Wildman–Crippen MR) is 111 cm³/mol. The van der Waals surface area contributed by atoms with Gasteiger partial charge in [0.25, 0.3) is 5.92 Å². The molecule has 30 heavy (non-hydrogen) atoms. The van der Waals surface area contributed by atoms with Gasteiger partial charge in [-0.05, 0) is 19.1 Å². The number of fused-ring (bicyclic) bond motifs is 1. The quantitative estimate of drug-likeness (QED) is 0.621. The second kappa shape index (κ2) is 8.81. The van der Waals surface area contributed by atoms with Crippen LogP contribution in [0.4, 0.5) is 14.6 Å². The van der Waals surface area contributed by atoms with E-state index in [1.54, 1.807) is 18.9 Å². The Morgan fingerprint density at radius 3 is 2.53 bits per heavy atom. The molecule has 0 aliphatic heterocycles. The van der Waals surface area contributed by atoms with Gasteiger partial charge in [0.2, 0.25) is 0 Å². The molecule has 162 valence electrons. The van der Waals surface area contributed by atoms with Crippen molar-refractivity contribution in [1.29, 1.82) is 0 Å². The van der Waals surface area contributed by atoms with Gasteiger partial charge < -0.3 is 14.8 Å². The molecule has 0 spiro atoms. The van der Waals surface area contributed by atoms with Crippen molar-refractivity contribution in [3.8, 4) is 11.5 Å². The summed E-state index contributed by atoms with van der Waals surface area (Å²) in [5.41, 5.74) is 2.20. The third-order valence-corrected chi connectivity index (χ3v) is 5.02. The summed E-state index contributed by atoms with van der Waals surface area (Å²) in [4.78, 5) is 8.62. The third-order valence-electron chi connectivity index (χ3n) is 5.02. The molecule has 4 rings (SSSR count). The van der Waals surface area contributed by atoms with Crippen LogP contribution in [0.15, 0.2) is 24.5 Å². The van der Waals surface area contributed by atoms with Crippen LogP contribution < -0.4 is 14.8 Å². The molecule has 3 aromatic rings. The van der Waals surface area contributed by atoms with Crippen molar-refractivity contribution in [3.05, 3.63) is 35.8 Å². The topological polar surface area (TPSA) is 74.1 Å². The van der Waals surface area contributed by atoms with E-state index in [0.29, 0.717) is 35.2 Å². The lowest BCUT2D eigenvalue weighted by molar-refractivity contribution is -0.106. The predicted octanol–water partition coefficient (Wildman–Crippen LogP) is 4.76. The molecule has 0 unspecified atom stereocenters. The Bertz CT molecular complexity index is 1010. The van der Waals surface area contributed by atoms with Gasteiger partial charge >= 0.3 is 0 Å². The van der Waals surface area contributed by atoms with Crippen LogP contribution in [0.2, 0.25) is 0 Å². The fourth-order valence-electron chi connectivity index (χ4n) is 3.51. The van der Waals surface area contributed by atoms with E-state index in [1.807, 2.05) is 39.0 Å².